The number of nitrogens with two attached hydrogens (primary N) is 1. The Morgan fingerprint density at radius 1 is 0.974 bits per heavy atom. The first-order chi connectivity index (χ1) is 18.9. The highest BCUT2D eigenvalue weighted by atomic mass is 32.2. The van der Waals surface area contributed by atoms with E-state index in [0.717, 1.165) is 34.6 Å². The zero-order valence-corrected chi connectivity index (χ0v) is 23.5. The fourth-order valence-electron chi connectivity index (χ4n) is 5.95. The first-order valence-corrected chi connectivity index (χ1v) is 14.8. The Morgan fingerprint density at radius 2 is 1.67 bits per heavy atom. The molecule has 1 aliphatic carbocycles. The Morgan fingerprint density at radius 3 is 2.44 bits per heavy atom. The number of aromatic nitrogens is 2. The average molecular weight is 543 g/mol. The second-order valence-corrected chi connectivity index (χ2v) is 11.0. The molecule has 6 rings (SSSR count). The highest BCUT2D eigenvalue weighted by Gasteiger charge is 2.24. The third kappa shape index (κ3) is 6.53. The van der Waals surface area contributed by atoms with Gasteiger partial charge in [0.1, 0.15) is 0 Å². The molecule has 4 aromatic rings. The molecule has 204 valence electrons. The summed E-state index contributed by atoms with van der Waals surface area (Å²) in [5, 5.41) is 8.59. The molecular formula is C31H36N5O2S-. The number of para-hydroxylation sites is 1. The number of aryl methyl sites for hydroxylation is 3. The van der Waals surface area contributed by atoms with Crippen LogP contribution in [0.5, 0.6) is 0 Å². The normalized spacial score (nSPS) is 18.1. The van der Waals surface area contributed by atoms with E-state index < -0.39 is 11.3 Å². The van der Waals surface area contributed by atoms with Gasteiger partial charge < -0.3 is 14.8 Å². The van der Waals surface area contributed by atoms with Crippen LogP contribution < -0.4 is 10.5 Å². The summed E-state index contributed by atoms with van der Waals surface area (Å²) >= 11 is -2.36. The van der Waals surface area contributed by atoms with Crippen LogP contribution in [0.15, 0.2) is 60.8 Å². The van der Waals surface area contributed by atoms with Crippen molar-refractivity contribution in [1.29, 1.82) is 0 Å². The largest absolute Gasteiger partial charge is 0.760 e. The van der Waals surface area contributed by atoms with Crippen LogP contribution in [0.2, 0.25) is 0 Å². The number of hydrogen-bond donors (Lipinski definition) is 2. The lowest BCUT2D eigenvalue weighted by molar-refractivity contribution is 0.222. The van der Waals surface area contributed by atoms with Gasteiger partial charge in [0.05, 0.1) is 5.52 Å². The molecular weight excluding hydrogens is 506 g/mol. The van der Waals surface area contributed by atoms with Crippen molar-refractivity contribution in [1.82, 2.24) is 14.9 Å². The molecule has 1 aromatic heterocycles. The van der Waals surface area contributed by atoms with Gasteiger partial charge in [-0.3, -0.25) is 9.35 Å². The van der Waals surface area contributed by atoms with Gasteiger partial charge in [-0.2, -0.15) is 0 Å². The van der Waals surface area contributed by atoms with Crippen LogP contribution in [0.4, 0.5) is 11.6 Å². The molecule has 0 bridgehead atoms. The maximum atomic E-state index is 8.78. The molecule has 1 aliphatic heterocycles. The monoisotopic (exact) mass is 542 g/mol. The summed E-state index contributed by atoms with van der Waals surface area (Å²) < 4.78 is 17.6. The third-order valence-electron chi connectivity index (χ3n) is 8.12. The molecule has 2 heterocycles. The predicted molar refractivity (Wildman–Crippen MR) is 159 cm³/mol. The lowest BCUT2D eigenvalue weighted by Gasteiger charge is -2.25. The van der Waals surface area contributed by atoms with Crippen molar-refractivity contribution in [3.8, 4) is 11.1 Å². The number of nitrogens with zero attached hydrogens (tertiary/aromatic N) is 3. The molecule has 2 aliphatic rings. The number of anilines is 2. The lowest BCUT2D eigenvalue weighted by atomic mass is 9.95. The van der Waals surface area contributed by atoms with Crippen molar-refractivity contribution in [2.75, 3.05) is 18.4 Å². The fraction of sp³-hybridized carbons (Fsp3) is 0.355. The number of likely N-dealkylation sites (tertiary alicyclic amines) is 1. The van der Waals surface area contributed by atoms with E-state index in [4.69, 9.17) is 13.7 Å². The van der Waals surface area contributed by atoms with Gasteiger partial charge in [-0.15, -0.1) is 0 Å². The van der Waals surface area contributed by atoms with Gasteiger partial charge in [0.2, 0.25) is 5.95 Å². The van der Waals surface area contributed by atoms with E-state index in [1.54, 1.807) is 0 Å². The van der Waals surface area contributed by atoms with E-state index in [9.17, 15) is 0 Å². The minimum atomic E-state index is -2.36. The summed E-state index contributed by atoms with van der Waals surface area (Å²) in [7, 11) is 0. The number of fused-ring (bicyclic) bond motifs is 2. The summed E-state index contributed by atoms with van der Waals surface area (Å²) in [6.07, 6.45) is 9.56. The molecule has 2 unspecified atom stereocenters. The second-order valence-electron chi connectivity index (χ2n) is 10.5. The fourth-order valence-corrected chi connectivity index (χ4v) is 5.95. The minimum Gasteiger partial charge on any atom is -0.760 e. The van der Waals surface area contributed by atoms with Crippen LogP contribution in [0.1, 0.15) is 47.9 Å². The van der Waals surface area contributed by atoms with Crippen molar-refractivity contribution >= 4 is 33.8 Å². The highest BCUT2D eigenvalue weighted by Crippen LogP contribution is 2.32. The standard InChI is InChI=1S/C31H34N4.H3NO2S/c1-21-7-5-9-28(22(21)2)29-10-6-8-25-20-32-31(34-30(25)29)33-26-14-11-23-12-15-27(16-13-24(23)19-26)35-17-3-4-18-35;1-4(2)3/h5-11,14,19-20,27H,3-4,12-13,15-18H2,1-2H3,(H,32,33,34);1H2,(H,2,3)/p-1. The predicted octanol–water partition coefficient (Wildman–Crippen LogP) is 5.74. The van der Waals surface area contributed by atoms with Crippen LogP contribution in [0.3, 0.4) is 0 Å². The van der Waals surface area contributed by atoms with Crippen molar-refractivity contribution in [3.63, 3.8) is 0 Å². The van der Waals surface area contributed by atoms with Crippen LogP contribution in [-0.2, 0) is 24.1 Å². The van der Waals surface area contributed by atoms with Crippen LogP contribution in [0, 0.1) is 13.8 Å². The van der Waals surface area contributed by atoms with E-state index in [-0.39, 0.29) is 0 Å². The van der Waals surface area contributed by atoms with E-state index in [0.29, 0.717) is 5.95 Å². The number of nitrogens with one attached hydrogen (secondary N) is 1. The molecule has 39 heavy (non-hydrogen) atoms. The second kappa shape index (κ2) is 12.3. The van der Waals surface area contributed by atoms with Gasteiger partial charge in [-0.25, -0.2) is 9.97 Å². The summed E-state index contributed by atoms with van der Waals surface area (Å²) in [5.74, 6) is 0.652. The van der Waals surface area contributed by atoms with Crippen molar-refractivity contribution in [2.45, 2.75) is 58.4 Å². The zero-order chi connectivity index (χ0) is 27.4. The molecule has 1 fully saturated rings. The highest BCUT2D eigenvalue weighted by molar-refractivity contribution is 7.76. The molecule has 0 amide bonds. The van der Waals surface area contributed by atoms with Crippen molar-refractivity contribution in [3.05, 3.63) is 83.0 Å². The molecule has 0 radical (unpaired) electrons. The zero-order valence-electron chi connectivity index (χ0n) is 22.7. The van der Waals surface area contributed by atoms with Gasteiger partial charge in [-0.1, -0.05) is 42.5 Å². The molecule has 3 N–H and O–H groups in total. The molecule has 0 saturated carbocycles. The number of rotatable bonds is 4. The Bertz CT molecular complexity index is 1480. The average Bonchev–Trinajstić information content (AvgIpc) is 3.37. The first-order valence-electron chi connectivity index (χ1n) is 13.7. The van der Waals surface area contributed by atoms with E-state index in [2.05, 4.69) is 88.8 Å². The Hall–Kier alpha value is -3.17. The third-order valence-corrected chi connectivity index (χ3v) is 8.12. The first kappa shape index (κ1) is 27.4. The topological polar surface area (TPSA) is 107 Å². The molecule has 1 saturated heterocycles. The Balaban J connectivity index is 0.000000723. The van der Waals surface area contributed by atoms with Gasteiger partial charge in [0.25, 0.3) is 0 Å². The molecule has 7 nitrogen and oxygen atoms in total. The van der Waals surface area contributed by atoms with Crippen LogP contribution >= 0.6 is 0 Å². The van der Waals surface area contributed by atoms with Crippen molar-refractivity contribution < 1.29 is 8.76 Å². The maximum absolute atomic E-state index is 8.78. The molecule has 3 aromatic carbocycles. The maximum Gasteiger partial charge on any atom is 0.227 e. The summed E-state index contributed by atoms with van der Waals surface area (Å²) in [6.45, 7) is 6.93. The molecule has 2 atom stereocenters. The van der Waals surface area contributed by atoms with Gasteiger partial charge in [0, 0.05) is 40.1 Å². The van der Waals surface area contributed by atoms with Gasteiger partial charge in [0.15, 0.2) is 0 Å². The lowest BCUT2D eigenvalue weighted by Crippen LogP contribution is -2.32. The van der Waals surface area contributed by atoms with Gasteiger partial charge in [-0.05, 0) is 105 Å². The van der Waals surface area contributed by atoms with E-state index >= 15 is 0 Å². The number of benzene rings is 3. The Kier molecular flexibility index (Phi) is 8.67. The minimum absolute atomic E-state index is 0.652. The van der Waals surface area contributed by atoms with Gasteiger partial charge >= 0.3 is 0 Å². The quantitative estimate of drug-likeness (QED) is 0.252. The van der Waals surface area contributed by atoms with Crippen LogP contribution in [-0.4, -0.2) is 42.8 Å². The van der Waals surface area contributed by atoms with E-state index in [1.165, 1.54) is 73.0 Å². The smallest absolute Gasteiger partial charge is 0.227 e. The molecule has 8 heteroatoms. The Labute approximate surface area is 233 Å². The molecule has 0 spiro atoms. The summed E-state index contributed by atoms with van der Waals surface area (Å²) in [5.41, 5.74) is 10.0. The number of hydrogen-bond acceptors (Lipinski definition) is 6. The van der Waals surface area contributed by atoms with Crippen molar-refractivity contribution in [2.24, 2.45) is 5.14 Å². The SMILES string of the molecule is Cc1cccc(-c2cccc3cnc(Nc4ccc5c(c4)CCC(N4CCCC4)CC5)nc23)c1C.NS(=O)[O-]. The van der Waals surface area contributed by atoms with E-state index in [1.807, 2.05) is 6.20 Å². The van der Waals surface area contributed by atoms with Crippen LogP contribution in [0.25, 0.3) is 22.0 Å². The summed E-state index contributed by atoms with van der Waals surface area (Å²) in [4.78, 5) is 12.4. The summed E-state index contributed by atoms with van der Waals surface area (Å²) in [6, 6.07) is 20.4.